The number of carbonyl (C=O) groups is 2. The van der Waals surface area contributed by atoms with Crippen molar-refractivity contribution < 1.29 is 14.3 Å². The number of rotatable bonds is 7. The largest absolute Gasteiger partial charge is 0.497 e. The highest BCUT2D eigenvalue weighted by atomic mass is 35.5. The summed E-state index contributed by atoms with van der Waals surface area (Å²) >= 11 is 11.9. The maximum absolute atomic E-state index is 12.1. The van der Waals surface area contributed by atoms with E-state index in [1.54, 1.807) is 56.5 Å². The molecule has 0 aliphatic heterocycles. The van der Waals surface area contributed by atoms with Crippen molar-refractivity contribution in [2.45, 2.75) is 19.8 Å². The molecule has 2 aromatic rings. The Hall–Kier alpha value is -2.57. The molecule has 0 fully saturated rings. The molecule has 0 bridgehead atoms. The maximum Gasteiger partial charge on any atom is 0.244 e. The minimum Gasteiger partial charge on any atom is -0.497 e. The molecule has 0 unspecified atom stereocenters. The van der Waals surface area contributed by atoms with Crippen LogP contribution in [0.15, 0.2) is 47.6 Å². The molecule has 0 heterocycles. The van der Waals surface area contributed by atoms with Crippen LogP contribution in [0.2, 0.25) is 10.0 Å². The van der Waals surface area contributed by atoms with E-state index in [0.29, 0.717) is 21.4 Å². The van der Waals surface area contributed by atoms with Gasteiger partial charge in [0.05, 0.1) is 30.7 Å². The summed E-state index contributed by atoms with van der Waals surface area (Å²) in [5, 5.41) is 7.46. The summed E-state index contributed by atoms with van der Waals surface area (Å²) in [6.07, 6.45) is 0.177. The number of nitrogens with zero attached hydrogens (tertiary/aromatic N) is 1. The summed E-state index contributed by atoms with van der Waals surface area (Å²) in [5.74, 6) is 0.126. The molecule has 2 amide bonds. The van der Waals surface area contributed by atoms with Crippen molar-refractivity contribution in [3.63, 3.8) is 0 Å². The average Bonchev–Trinajstić information content (AvgIpc) is 2.63. The van der Waals surface area contributed by atoms with Gasteiger partial charge in [0, 0.05) is 10.7 Å². The monoisotopic (exact) mass is 407 g/mol. The first-order valence-electron chi connectivity index (χ1n) is 8.07. The van der Waals surface area contributed by atoms with Gasteiger partial charge in [-0.1, -0.05) is 35.3 Å². The number of anilines is 1. The molecule has 0 radical (unpaired) electrons. The van der Waals surface area contributed by atoms with Gasteiger partial charge in [-0.15, -0.1) is 0 Å². The van der Waals surface area contributed by atoms with Crippen molar-refractivity contribution >= 4 is 46.4 Å². The van der Waals surface area contributed by atoms with Gasteiger partial charge in [0.15, 0.2) is 0 Å². The lowest BCUT2D eigenvalue weighted by Crippen LogP contribution is -2.22. The smallest absolute Gasteiger partial charge is 0.244 e. The highest BCUT2D eigenvalue weighted by Gasteiger charge is 2.09. The molecule has 0 aromatic heterocycles. The molecule has 6 nitrogen and oxygen atoms in total. The van der Waals surface area contributed by atoms with Crippen LogP contribution in [-0.2, 0) is 16.0 Å². The molecular weight excluding hydrogens is 389 g/mol. The number of hydrogen-bond acceptors (Lipinski definition) is 4. The number of hydrazone groups is 1. The van der Waals surface area contributed by atoms with Crippen LogP contribution < -0.4 is 15.5 Å². The first-order chi connectivity index (χ1) is 12.9. The second-order valence-electron chi connectivity index (χ2n) is 5.76. The zero-order chi connectivity index (χ0) is 19.8. The molecule has 8 heteroatoms. The van der Waals surface area contributed by atoms with Crippen LogP contribution in [-0.4, -0.2) is 24.6 Å². The molecule has 27 heavy (non-hydrogen) atoms. The van der Waals surface area contributed by atoms with Gasteiger partial charge in [-0.05, 0) is 42.8 Å². The van der Waals surface area contributed by atoms with Gasteiger partial charge in [0.25, 0.3) is 0 Å². The Balaban J connectivity index is 1.84. The Morgan fingerprint density at radius 3 is 2.44 bits per heavy atom. The molecule has 2 aromatic carbocycles. The summed E-state index contributed by atoms with van der Waals surface area (Å²) in [6, 6.07) is 12.0. The first kappa shape index (κ1) is 20.7. The van der Waals surface area contributed by atoms with Gasteiger partial charge in [0.1, 0.15) is 5.75 Å². The van der Waals surface area contributed by atoms with Crippen LogP contribution in [0.3, 0.4) is 0 Å². The molecule has 0 saturated heterocycles. The predicted molar refractivity (Wildman–Crippen MR) is 108 cm³/mol. The first-order valence-corrected chi connectivity index (χ1v) is 8.83. The lowest BCUT2D eigenvalue weighted by Gasteiger charge is -2.08. The minimum atomic E-state index is -0.315. The van der Waals surface area contributed by atoms with Gasteiger partial charge in [-0.25, -0.2) is 5.43 Å². The highest BCUT2D eigenvalue weighted by molar-refractivity contribution is 6.35. The number of methoxy groups -OCH3 is 1. The fraction of sp³-hybridized carbons (Fsp3) is 0.211. The third kappa shape index (κ3) is 6.92. The number of carbonyl (C=O) groups excluding carboxylic acids is 2. The molecule has 2 rings (SSSR count). The zero-order valence-electron chi connectivity index (χ0n) is 14.9. The van der Waals surface area contributed by atoms with Crippen LogP contribution in [0.4, 0.5) is 5.69 Å². The standard InChI is InChI=1S/C19H19Cl2N3O3/c1-12(9-18(25)22-17-11-14(20)5-8-16(17)21)23-24-19(26)10-13-3-6-15(27-2)7-4-13/h3-8,11H,9-10H2,1-2H3,(H,22,25)(H,24,26)/b23-12+. The van der Waals surface area contributed by atoms with E-state index in [-0.39, 0.29) is 24.7 Å². The van der Waals surface area contributed by atoms with Crippen molar-refractivity contribution in [1.29, 1.82) is 0 Å². The summed E-state index contributed by atoms with van der Waals surface area (Å²) in [7, 11) is 1.58. The van der Waals surface area contributed by atoms with E-state index in [0.717, 1.165) is 11.3 Å². The fourth-order valence-electron chi connectivity index (χ4n) is 2.19. The normalized spacial score (nSPS) is 11.0. The van der Waals surface area contributed by atoms with Crippen LogP contribution in [0.1, 0.15) is 18.9 Å². The van der Waals surface area contributed by atoms with E-state index in [4.69, 9.17) is 27.9 Å². The quantitative estimate of drug-likeness (QED) is 0.536. The summed E-state index contributed by atoms with van der Waals surface area (Å²) in [4.78, 5) is 24.0. The number of nitrogens with one attached hydrogen (secondary N) is 2. The number of amides is 2. The summed E-state index contributed by atoms with van der Waals surface area (Å²) in [6.45, 7) is 1.65. The van der Waals surface area contributed by atoms with Crippen molar-refractivity contribution in [3.05, 3.63) is 58.1 Å². The second kappa shape index (κ2) is 9.94. The van der Waals surface area contributed by atoms with Crippen LogP contribution in [0.5, 0.6) is 5.75 Å². The number of benzene rings is 2. The average molecular weight is 408 g/mol. The van der Waals surface area contributed by atoms with Crippen molar-refractivity contribution in [1.82, 2.24) is 5.43 Å². The molecule has 2 N–H and O–H groups in total. The lowest BCUT2D eigenvalue weighted by molar-refractivity contribution is -0.120. The van der Waals surface area contributed by atoms with Crippen molar-refractivity contribution in [2.75, 3.05) is 12.4 Å². The summed E-state index contributed by atoms with van der Waals surface area (Å²) in [5.41, 5.74) is 4.14. The van der Waals surface area contributed by atoms with Gasteiger partial charge in [-0.3, -0.25) is 9.59 Å². The number of halogens is 2. The zero-order valence-corrected chi connectivity index (χ0v) is 16.4. The fourth-order valence-corrected chi connectivity index (χ4v) is 2.52. The van der Waals surface area contributed by atoms with Crippen molar-refractivity contribution in [3.8, 4) is 5.75 Å². The van der Waals surface area contributed by atoms with E-state index in [1.165, 1.54) is 0 Å². The van der Waals surface area contributed by atoms with Crippen LogP contribution in [0.25, 0.3) is 0 Å². The Kier molecular flexibility index (Phi) is 7.64. The SMILES string of the molecule is COc1ccc(CC(=O)N/N=C(\C)CC(=O)Nc2cc(Cl)ccc2Cl)cc1. The highest BCUT2D eigenvalue weighted by Crippen LogP contribution is 2.25. The van der Waals surface area contributed by atoms with E-state index in [9.17, 15) is 9.59 Å². The van der Waals surface area contributed by atoms with E-state index >= 15 is 0 Å². The summed E-state index contributed by atoms with van der Waals surface area (Å²) < 4.78 is 5.07. The van der Waals surface area contributed by atoms with Crippen LogP contribution >= 0.6 is 23.2 Å². The maximum atomic E-state index is 12.1. The third-order valence-corrected chi connectivity index (χ3v) is 4.08. The van der Waals surface area contributed by atoms with E-state index in [2.05, 4.69) is 15.8 Å². The molecule has 0 aliphatic carbocycles. The molecule has 0 spiro atoms. The third-order valence-electron chi connectivity index (χ3n) is 3.51. The molecule has 0 saturated carbocycles. The lowest BCUT2D eigenvalue weighted by atomic mass is 10.1. The molecule has 0 atom stereocenters. The topological polar surface area (TPSA) is 79.8 Å². The van der Waals surface area contributed by atoms with Gasteiger partial charge >= 0.3 is 0 Å². The Bertz CT molecular complexity index is 852. The predicted octanol–water partition coefficient (Wildman–Crippen LogP) is 4.07. The molecule has 0 aliphatic rings. The Morgan fingerprint density at radius 1 is 1.07 bits per heavy atom. The number of ether oxygens (including phenoxy) is 1. The van der Waals surface area contributed by atoms with Gasteiger partial charge in [0.2, 0.25) is 11.8 Å². The second-order valence-corrected chi connectivity index (χ2v) is 6.60. The van der Waals surface area contributed by atoms with Crippen molar-refractivity contribution in [2.24, 2.45) is 5.10 Å². The minimum absolute atomic E-state index is 0.00561. The van der Waals surface area contributed by atoms with Crippen LogP contribution in [0, 0.1) is 0 Å². The van der Waals surface area contributed by atoms with Gasteiger partial charge in [-0.2, -0.15) is 5.10 Å². The molecule has 142 valence electrons. The number of hydrogen-bond donors (Lipinski definition) is 2. The Morgan fingerprint density at radius 2 is 1.78 bits per heavy atom. The molecular formula is C19H19Cl2N3O3. The van der Waals surface area contributed by atoms with Gasteiger partial charge < -0.3 is 10.1 Å². The van der Waals surface area contributed by atoms with E-state index in [1.807, 2.05) is 0 Å². The Labute approximate surface area is 167 Å². The van der Waals surface area contributed by atoms with E-state index < -0.39 is 0 Å².